The van der Waals surface area contributed by atoms with Gasteiger partial charge in [-0.05, 0) is 86.7 Å². The summed E-state index contributed by atoms with van der Waals surface area (Å²) >= 11 is 2.63. The third kappa shape index (κ3) is 5.17. The number of nitrogens with zero attached hydrogens (tertiary/aromatic N) is 4. The number of aromatic nitrogens is 4. The Hall–Kier alpha value is -4.01. The van der Waals surface area contributed by atoms with Gasteiger partial charge in [0.2, 0.25) is 5.16 Å². The van der Waals surface area contributed by atoms with Gasteiger partial charge in [-0.15, -0.1) is 16.4 Å². The van der Waals surface area contributed by atoms with Crippen molar-refractivity contribution in [3.8, 4) is 34.0 Å². The van der Waals surface area contributed by atoms with Gasteiger partial charge < -0.3 is 19.1 Å². The minimum atomic E-state index is -1.08. The van der Waals surface area contributed by atoms with Gasteiger partial charge in [-0.1, -0.05) is 0 Å². The van der Waals surface area contributed by atoms with E-state index in [9.17, 15) is 15.2 Å². The maximum Gasteiger partial charge on any atom is 0.342 e. The van der Waals surface area contributed by atoms with Crippen LogP contribution in [-0.2, 0) is 17.6 Å². The molecule has 0 spiro atoms. The second-order valence-corrected chi connectivity index (χ2v) is 11.2. The van der Waals surface area contributed by atoms with Crippen LogP contribution in [0.2, 0.25) is 0 Å². The Morgan fingerprint density at radius 1 is 1.18 bits per heavy atom. The lowest BCUT2D eigenvalue weighted by molar-refractivity contribution is -0.131. The molecule has 200 valence electrons. The average Bonchev–Trinajstić information content (AvgIpc) is 3.63. The topological polar surface area (TPSA) is 126 Å². The Morgan fingerprint density at radius 3 is 2.56 bits per heavy atom. The Kier molecular flexibility index (Phi) is 7.50. The summed E-state index contributed by atoms with van der Waals surface area (Å²) in [6.07, 6.45) is 5.81. The minimum absolute atomic E-state index is 0.0787. The molecule has 3 heterocycles. The molecule has 5 rings (SSSR count). The van der Waals surface area contributed by atoms with Crippen LogP contribution in [0.3, 0.4) is 0 Å². The molecule has 39 heavy (non-hydrogen) atoms. The number of carboxylic acids is 1. The highest BCUT2D eigenvalue weighted by Gasteiger charge is 2.24. The molecule has 0 saturated heterocycles. The Morgan fingerprint density at radius 2 is 1.90 bits per heavy atom. The number of benzene rings is 1. The smallest absolute Gasteiger partial charge is 0.342 e. The molecule has 0 radical (unpaired) electrons. The van der Waals surface area contributed by atoms with E-state index in [0.717, 1.165) is 65.0 Å². The number of hydrogen-bond donors (Lipinski definition) is 2. The molecule has 0 bridgehead atoms. The molecule has 3 aromatic heterocycles. The summed E-state index contributed by atoms with van der Waals surface area (Å²) in [6, 6.07) is 9.71. The van der Waals surface area contributed by atoms with E-state index in [1.807, 2.05) is 19.9 Å². The first-order valence-corrected chi connectivity index (χ1v) is 14.0. The number of thioether (sulfide) groups is 1. The fraction of sp³-hybridized carbons (Fsp3) is 0.286. The molecule has 0 amide bonds. The third-order valence-electron chi connectivity index (χ3n) is 6.73. The van der Waals surface area contributed by atoms with Crippen molar-refractivity contribution < 1.29 is 19.4 Å². The van der Waals surface area contributed by atoms with Crippen molar-refractivity contribution in [2.24, 2.45) is 0 Å². The predicted molar refractivity (Wildman–Crippen MR) is 151 cm³/mol. The quantitative estimate of drug-likeness (QED) is 0.200. The highest BCUT2D eigenvalue weighted by Crippen LogP contribution is 2.39. The van der Waals surface area contributed by atoms with E-state index >= 15 is 0 Å². The molecule has 0 atom stereocenters. The van der Waals surface area contributed by atoms with E-state index in [2.05, 4.69) is 25.8 Å². The third-order valence-corrected chi connectivity index (χ3v) is 8.88. The number of methoxy groups -OCH3 is 2. The molecule has 0 saturated carbocycles. The van der Waals surface area contributed by atoms with E-state index in [4.69, 9.17) is 9.47 Å². The van der Waals surface area contributed by atoms with Crippen LogP contribution < -0.4 is 9.47 Å². The fourth-order valence-electron chi connectivity index (χ4n) is 4.81. The Balaban J connectivity index is 1.47. The maximum atomic E-state index is 12.2. The Labute approximate surface area is 234 Å². The molecular formula is C28H27N5O4S2. The Bertz CT molecular complexity index is 1620. The van der Waals surface area contributed by atoms with Gasteiger partial charge in [-0.2, -0.15) is 5.26 Å². The largest absolute Gasteiger partial charge is 0.497 e. The van der Waals surface area contributed by atoms with Gasteiger partial charge in [-0.3, -0.25) is 5.10 Å². The maximum absolute atomic E-state index is 12.2. The number of aromatic amines is 1. The van der Waals surface area contributed by atoms with Crippen LogP contribution in [0, 0.1) is 25.2 Å². The zero-order valence-electron chi connectivity index (χ0n) is 22.0. The van der Waals surface area contributed by atoms with Crippen molar-refractivity contribution in [2.45, 2.75) is 44.7 Å². The number of nitriles is 1. The van der Waals surface area contributed by atoms with Crippen LogP contribution in [-0.4, -0.2) is 45.0 Å². The first-order chi connectivity index (χ1) is 18.8. The number of fused-ring (bicyclic) bond motifs is 1. The van der Waals surface area contributed by atoms with E-state index < -0.39 is 5.97 Å². The van der Waals surface area contributed by atoms with Crippen LogP contribution in [0.4, 0.5) is 0 Å². The summed E-state index contributed by atoms with van der Waals surface area (Å²) in [5.41, 5.74) is 5.19. The minimum Gasteiger partial charge on any atom is -0.497 e. The second kappa shape index (κ2) is 11.0. The standard InChI is InChI=1S/C28H27N5O4S2/c1-15-9-17(16(2)33(15)26-22(14-29)21-7-5-6-8-23(21)38-26)12-24(27(34)35)39-28-30-25(31-32-28)18-10-19(36-3)13-20(11-18)37-4/h9-13H,5-8H2,1-4H3,(H,34,35)(H,30,31,32)/b24-12-. The van der Waals surface area contributed by atoms with Gasteiger partial charge in [0, 0.05) is 27.9 Å². The molecule has 11 heteroatoms. The van der Waals surface area contributed by atoms with Crippen molar-refractivity contribution in [2.75, 3.05) is 14.2 Å². The summed E-state index contributed by atoms with van der Waals surface area (Å²) in [4.78, 5) is 18.1. The molecule has 4 aromatic rings. The number of thiophene rings is 1. The number of carboxylic acid groups (broad SMARTS) is 1. The van der Waals surface area contributed by atoms with Gasteiger partial charge in [0.25, 0.3) is 0 Å². The normalized spacial score (nSPS) is 13.2. The summed E-state index contributed by atoms with van der Waals surface area (Å²) in [5, 5.41) is 28.2. The van der Waals surface area contributed by atoms with Gasteiger partial charge >= 0.3 is 5.97 Å². The summed E-state index contributed by atoms with van der Waals surface area (Å²) in [6.45, 7) is 3.92. The summed E-state index contributed by atoms with van der Waals surface area (Å²) in [7, 11) is 3.13. The molecule has 1 aromatic carbocycles. The van der Waals surface area contributed by atoms with E-state index in [1.165, 1.54) is 10.4 Å². The number of ether oxygens (including phenoxy) is 2. The second-order valence-electron chi connectivity index (χ2n) is 9.15. The molecule has 2 N–H and O–H groups in total. The van der Waals surface area contributed by atoms with Crippen LogP contribution in [0.25, 0.3) is 22.5 Å². The van der Waals surface area contributed by atoms with Gasteiger partial charge in [-0.25, -0.2) is 9.78 Å². The molecule has 0 aliphatic heterocycles. The monoisotopic (exact) mass is 561 g/mol. The van der Waals surface area contributed by atoms with Crippen molar-refractivity contribution in [1.82, 2.24) is 19.7 Å². The first-order valence-electron chi connectivity index (χ1n) is 12.4. The molecule has 0 fully saturated rings. The lowest BCUT2D eigenvalue weighted by atomic mass is 9.96. The van der Waals surface area contributed by atoms with E-state index in [1.54, 1.807) is 49.8 Å². The van der Waals surface area contributed by atoms with Crippen molar-refractivity contribution in [3.05, 3.63) is 62.1 Å². The predicted octanol–water partition coefficient (Wildman–Crippen LogP) is 5.93. The zero-order chi connectivity index (χ0) is 27.7. The molecular weight excluding hydrogens is 534 g/mol. The van der Waals surface area contributed by atoms with Crippen LogP contribution in [0.15, 0.2) is 34.3 Å². The van der Waals surface area contributed by atoms with Crippen LogP contribution >= 0.6 is 23.1 Å². The van der Waals surface area contributed by atoms with Gasteiger partial charge in [0.15, 0.2) is 5.82 Å². The number of hydrogen-bond acceptors (Lipinski definition) is 8. The molecule has 1 aliphatic rings. The molecule has 9 nitrogen and oxygen atoms in total. The molecule has 0 unspecified atom stereocenters. The van der Waals surface area contributed by atoms with Crippen molar-refractivity contribution in [3.63, 3.8) is 0 Å². The zero-order valence-corrected chi connectivity index (χ0v) is 23.6. The van der Waals surface area contributed by atoms with Crippen molar-refractivity contribution >= 4 is 35.1 Å². The van der Waals surface area contributed by atoms with Gasteiger partial charge in [0.05, 0.1) is 19.8 Å². The number of nitrogens with one attached hydrogen (secondary N) is 1. The number of aliphatic carboxylic acids is 1. The van der Waals surface area contributed by atoms with E-state index in [0.29, 0.717) is 22.9 Å². The van der Waals surface area contributed by atoms with Gasteiger partial charge in [0.1, 0.15) is 27.5 Å². The first kappa shape index (κ1) is 26.6. The lowest BCUT2D eigenvalue weighted by Gasteiger charge is -2.10. The SMILES string of the molecule is COc1cc(OC)cc(-c2nc(S/C(=C\c3cc(C)n(-c4sc5c(c4C#N)CCCC5)c3C)C(=O)O)n[nH]2)c1. The lowest BCUT2D eigenvalue weighted by Crippen LogP contribution is -2.02. The number of rotatable bonds is 8. The number of H-pyrrole nitrogens is 1. The average molecular weight is 562 g/mol. The highest BCUT2D eigenvalue weighted by molar-refractivity contribution is 8.04. The fourth-order valence-corrected chi connectivity index (χ4v) is 6.96. The van der Waals surface area contributed by atoms with Crippen LogP contribution in [0.5, 0.6) is 11.5 Å². The summed E-state index contributed by atoms with van der Waals surface area (Å²) in [5.74, 6) is 0.581. The molecule has 1 aliphatic carbocycles. The van der Waals surface area contributed by atoms with Crippen molar-refractivity contribution in [1.29, 1.82) is 5.26 Å². The summed E-state index contributed by atoms with van der Waals surface area (Å²) < 4.78 is 12.7. The number of carbonyl (C=O) groups is 1. The number of aryl methyl sites for hydroxylation is 2. The van der Waals surface area contributed by atoms with E-state index in [-0.39, 0.29) is 10.1 Å². The van der Waals surface area contributed by atoms with Crippen LogP contribution in [0.1, 0.15) is 45.8 Å². The highest BCUT2D eigenvalue weighted by atomic mass is 32.2.